The molecule has 3 heteroatoms. The van der Waals surface area contributed by atoms with Crippen LogP contribution in [0.4, 0.5) is 0 Å². The number of amides is 1. The van der Waals surface area contributed by atoms with Crippen LogP contribution in [-0.4, -0.2) is 29.6 Å². The van der Waals surface area contributed by atoms with E-state index in [1.807, 2.05) is 0 Å². The van der Waals surface area contributed by atoms with Crippen LogP contribution in [0.15, 0.2) is 24.3 Å². The monoisotopic (exact) mass is 291 g/mol. The highest BCUT2D eigenvalue weighted by Gasteiger charge is 2.14. The van der Waals surface area contributed by atoms with Gasteiger partial charge >= 0.3 is 0 Å². The quantitative estimate of drug-likeness (QED) is 0.835. The summed E-state index contributed by atoms with van der Waals surface area (Å²) in [7, 11) is 0. The second-order valence-corrected chi connectivity index (χ2v) is 6.55. The number of hydrogen-bond donors (Lipinski definition) is 0. The van der Waals surface area contributed by atoms with E-state index in [-0.39, 0.29) is 0 Å². The maximum Gasteiger partial charge on any atom is 0.232 e. The molecule has 0 aromatic heterocycles. The number of nitrogens with zero attached hydrogens (tertiary/aromatic N) is 1. The van der Waals surface area contributed by atoms with E-state index >= 15 is 0 Å². The molecule has 1 heterocycles. The molecule has 0 atom stereocenters. The molecule has 1 aromatic rings. The average molecular weight is 291 g/mol. The number of hydrogen-bond acceptors (Lipinski definition) is 2. The summed E-state index contributed by atoms with van der Waals surface area (Å²) in [5.41, 5.74) is 2.66. The fourth-order valence-corrected chi connectivity index (χ4v) is 3.61. The van der Waals surface area contributed by atoms with Crippen LogP contribution in [0, 0.1) is 6.92 Å². The Morgan fingerprint density at radius 2 is 1.75 bits per heavy atom. The Balaban J connectivity index is 1.75. The normalized spacial score (nSPS) is 16.6. The van der Waals surface area contributed by atoms with E-state index in [1.54, 1.807) is 11.8 Å². The zero-order chi connectivity index (χ0) is 14.2. The first-order valence-corrected chi connectivity index (χ1v) is 8.83. The van der Waals surface area contributed by atoms with Crippen molar-refractivity contribution in [3.63, 3.8) is 0 Å². The van der Waals surface area contributed by atoms with Gasteiger partial charge in [-0.2, -0.15) is 0 Å². The van der Waals surface area contributed by atoms with Gasteiger partial charge in [-0.05, 0) is 30.9 Å². The van der Waals surface area contributed by atoms with Crippen LogP contribution in [0.3, 0.4) is 0 Å². The summed E-state index contributed by atoms with van der Waals surface area (Å²) in [4.78, 5) is 14.3. The van der Waals surface area contributed by atoms with Crippen LogP contribution < -0.4 is 0 Å². The molecule has 0 unspecified atom stereocenters. The maximum absolute atomic E-state index is 12.2. The van der Waals surface area contributed by atoms with E-state index in [9.17, 15) is 4.79 Å². The number of aryl methyl sites for hydroxylation is 1. The topological polar surface area (TPSA) is 20.3 Å². The van der Waals surface area contributed by atoms with Gasteiger partial charge in [-0.3, -0.25) is 4.79 Å². The highest BCUT2D eigenvalue weighted by molar-refractivity contribution is 7.99. The van der Waals surface area contributed by atoms with Crippen molar-refractivity contribution in [1.82, 2.24) is 4.90 Å². The summed E-state index contributed by atoms with van der Waals surface area (Å²) in [5, 5.41) is 0. The molecular formula is C17H25NOS. The lowest BCUT2D eigenvalue weighted by atomic mass is 10.1. The zero-order valence-electron chi connectivity index (χ0n) is 12.4. The van der Waals surface area contributed by atoms with Crippen molar-refractivity contribution in [1.29, 1.82) is 0 Å². The van der Waals surface area contributed by atoms with Gasteiger partial charge in [-0.15, -0.1) is 11.8 Å². The van der Waals surface area contributed by atoms with Crippen molar-refractivity contribution < 1.29 is 4.79 Å². The van der Waals surface area contributed by atoms with Crippen molar-refractivity contribution in [3.8, 4) is 0 Å². The van der Waals surface area contributed by atoms with Crippen molar-refractivity contribution in [2.24, 2.45) is 0 Å². The van der Waals surface area contributed by atoms with Gasteiger partial charge in [0.05, 0.1) is 5.75 Å². The van der Waals surface area contributed by atoms with E-state index in [0.29, 0.717) is 11.7 Å². The number of carbonyl (C=O) groups is 1. The largest absolute Gasteiger partial charge is 0.342 e. The van der Waals surface area contributed by atoms with Gasteiger partial charge in [0.1, 0.15) is 0 Å². The summed E-state index contributed by atoms with van der Waals surface area (Å²) >= 11 is 1.74. The van der Waals surface area contributed by atoms with E-state index in [4.69, 9.17) is 0 Å². The molecule has 0 spiro atoms. The Bertz CT molecular complexity index is 425. The minimum Gasteiger partial charge on any atom is -0.342 e. The summed E-state index contributed by atoms with van der Waals surface area (Å²) < 4.78 is 0. The Morgan fingerprint density at radius 1 is 1.10 bits per heavy atom. The summed E-state index contributed by atoms with van der Waals surface area (Å²) in [6.45, 7) is 4.06. The number of likely N-dealkylation sites (tertiary alicyclic amines) is 1. The first kappa shape index (κ1) is 15.4. The van der Waals surface area contributed by atoms with E-state index in [1.165, 1.54) is 43.2 Å². The van der Waals surface area contributed by atoms with Crippen LogP contribution in [-0.2, 0) is 10.5 Å². The third kappa shape index (κ3) is 4.86. The molecule has 0 bridgehead atoms. The van der Waals surface area contributed by atoms with Crippen LogP contribution in [0.5, 0.6) is 0 Å². The van der Waals surface area contributed by atoms with E-state index in [0.717, 1.165) is 18.8 Å². The van der Waals surface area contributed by atoms with Crippen LogP contribution in [0.25, 0.3) is 0 Å². The minimum atomic E-state index is 0.325. The number of thioether (sulfide) groups is 1. The van der Waals surface area contributed by atoms with Crippen molar-refractivity contribution >= 4 is 17.7 Å². The van der Waals surface area contributed by atoms with Crippen molar-refractivity contribution in [2.45, 2.75) is 44.8 Å². The first-order chi connectivity index (χ1) is 9.77. The standard InChI is InChI=1S/C17H25NOS/c1-15-9-5-6-10-16(15)13-20-14-17(19)18-11-7-3-2-4-8-12-18/h5-6,9-10H,2-4,7-8,11-14H2,1H3. The Labute approximate surface area is 126 Å². The van der Waals surface area contributed by atoms with Crippen molar-refractivity contribution in [2.75, 3.05) is 18.8 Å². The molecule has 1 aliphatic heterocycles. The second kappa shape index (κ2) is 8.35. The third-order valence-electron chi connectivity index (χ3n) is 3.95. The predicted molar refractivity (Wildman–Crippen MR) is 87.0 cm³/mol. The molecule has 20 heavy (non-hydrogen) atoms. The molecule has 1 saturated heterocycles. The van der Waals surface area contributed by atoms with Gasteiger partial charge in [0.15, 0.2) is 0 Å². The molecule has 2 nitrogen and oxygen atoms in total. The van der Waals surface area contributed by atoms with Gasteiger partial charge < -0.3 is 4.90 Å². The smallest absolute Gasteiger partial charge is 0.232 e. The Hall–Kier alpha value is -0.960. The lowest BCUT2D eigenvalue weighted by molar-refractivity contribution is -0.128. The average Bonchev–Trinajstić information content (AvgIpc) is 2.40. The zero-order valence-corrected chi connectivity index (χ0v) is 13.3. The molecule has 1 fully saturated rings. The van der Waals surface area contributed by atoms with Gasteiger partial charge in [0.25, 0.3) is 0 Å². The Morgan fingerprint density at radius 3 is 2.45 bits per heavy atom. The predicted octanol–water partition coefficient (Wildman–Crippen LogP) is 4.02. The fraction of sp³-hybridized carbons (Fsp3) is 0.588. The summed E-state index contributed by atoms with van der Waals surface area (Å²) in [6, 6.07) is 8.43. The van der Waals surface area contributed by atoms with Gasteiger partial charge in [-0.25, -0.2) is 0 Å². The van der Waals surface area contributed by atoms with Crippen LogP contribution >= 0.6 is 11.8 Å². The lowest BCUT2D eigenvalue weighted by Gasteiger charge is -2.24. The van der Waals surface area contributed by atoms with E-state index < -0.39 is 0 Å². The van der Waals surface area contributed by atoms with Crippen molar-refractivity contribution in [3.05, 3.63) is 35.4 Å². The first-order valence-electron chi connectivity index (χ1n) is 7.67. The molecule has 1 aromatic carbocycles. The molecule has 110 valence electrons. The highest BCUT2D eigenvalue weighted by atomic mass is 32.2. The van der Waals surface area contributed by atoms with Crippen LogP contribution in [0.1, 0.15) is 43.2 Å². The van der Waals surface area contributed by atoms with Gasteiger partial charge in [0.2, 0.25) is 5.91 Å². The molecule has 1 aliphatic rings. The molecular weight excluding hydrogens is 266 g/mol. The molecule has 0 saturated carbocycles. The maximum atomic E-state index is 12.2. The second-order valence-electron chi connectivity index (χ2n) is 5.57. The molecule has 2 rings (SSSR count). The molecule has 1 amide bonds. The third-order valence-corrected chi connectivity index (χ3v) is 4.92. The SMILES string of the molecule is Cc1ccccc1CSCC(=O)N1CCCCCCC1. The lowest BCUT2D eigenvalue weighted by Crippen LogP contribution is -2.35. The molecule has 0 aliphatic carbocycles. The number of carbonyl (C=O) groups excluding carboxylic acids is 1. The molecule has 0 N–H and O–H groups in total. The minimum absolute atomic E-state index is 0.325. The van der Waals surface area contributed by atoms with Gasteiger partial charge in [-0.1, -0.05) is 43.5 Å². The van der Waals surface area contributed by atoms with E-state index in [2.05, 4.69) is 36.1 Å². The number of rotatable bonds is 4. The van der Waals surface area contributed by atoms with Gasteiger partial charge in [0, 0.05) is 18.8 Å². The summed E-state index contributed by atoms with van der Waals surface area (Å²) in [6.07, 6.45) is 6.24. The number of benzene rings is 1. The van der Waals surface area contributed by atoms with Crippen LogP contribution in [0.2, 0.25) is 0 Å². The molecule has 0 radical (unpaired) electrons. The fourth-order valence-electron chi connectivity index (χ4n) is 2.61. The summed E-state index contributed by atoms with van der Waals surface area (Å²) in [5.74, 6) is 1.88. The highest BCUT2D eigenvalue weighted by Crippen LogP contribution is 2.17. The Kier molecular flexibility index (Phi) is 6.44.